The molecule has 3 aromatic carbocycles. The maximum absolute atomic E-state index is 13.0. The third kappa shape index (κ3) is 3.93. The fourth-order valence-electron chi connectivity index (χ4n) is 3.48. The van der Waals surface area contributed by atoms with Crippen LogP contribution in [0, 0.1) is 0 Å². The van der Waals surface area contributed by atoms with Gasteiger partial charge in [-0.15, -0.1) is 0 Å². The Balaban J connectivity index is 1.58. The number of amides is 1. The first-order valence-electron chi connectivity index (χ1n) is 9.17. The number of sulfone groups is 1. The lowest BCUT2D eigenvalue weighted by molar-refractivity contribution is -0.117. The summed E-state index contributed by atoms with van der Waals surface area (Å²) in [4.78, 5) is 13.2. The summed E-state index contributed by atoms with van der Waals surface area (Å²) in [6.45, 7) is 0. The number of nitrogens with one attached hydrogen (secondary N) is 2. The zero-order chi connectivity index (χ0) is 20.4. The van der Waals surface area contributed by atoms with E-state index in [0.717, 1.165) is 28.5 Å². The van der Waals surface area contributed by atoms with Crippen LogP contribution in [-0.2, 0) is 21.1 Å². The fourth-order valence-corrected chi connectivity index (χ4v) is 4.11. The molecule has 0 heterocycles. The molecule has 146 valence electrons. The van der Waals surface area contributed by atoms with Gasteiger partial charge in [-0.05, 0) is 46.5 Å². The molecule has 2 N–H and O–H groups in total. The topological polar surface area (TPSA) is 75.3 Å². The van der Waals surface area contributed by atoms with Gasteiger partial charge < -0.3 is 0 Å². The summed E-state index contributed by atoms with van der Waals surface area (Å²) >= 11 is 0. The molecule has 0 saturated heterocycles. The van der Waals surface area contributed by atoms with Crippen molar-refractivity contribution in [2.24, 2.45) is 0 Å². The number of fused-ring (bicyclic) bond motifs is 1. The number of hydrogen-bond donors (Lipinski definition) is 2. The van der Waals surface area contributed by atoms with Crippen LogP contribution in [0.3, 0.4) is 0 Å². The van der Waals surface area contributed by atoms with Crippen molar-refractivity contribution in [3.05, 3.63) is 101 Å². The van der Waals surface area contributed by atoms with Gasteiger partial charge in [0.2, 0.25) is 0 Å². The van der Waals surface area contributed by atoms with Crippen molar-refractivity contribution in [1.29, 1.82) is 0 Å². The SMILES string of the molecule is CS(=O)(=O)c1ccc(NNC(=O)C2=C(c3ccccc3)c3ccccc3C2)cc1. The molecule has 29 heavy (non-hydrogen) atoms. The molecule has 0 fully saturated rings. The van der Waals surface area contributed by atoms with Crippen molar-refractivity contribution in [3.63, 3.8) is 0 Å². The van der Waals surface area contributed by atoms with E-state index in [9.17, 15) is 13.2 Å². The molecular weight excluding hydrogens is 384 g/mol. The molecule has 6 heteroatoms. The van der Waals surface area contributed by atoms with E-state index in [1.54, 1.807) is 12.1 Å². The van der Waals surface area contributed by atoms with Crippen molar-refractivity contribution in [2.45, 2.75) is 11.3 Å². The summed E-state index contributed by atoms with van der Waals surface area (Å²) in [5, 5.41) is 0. The second-order valence-corrected chi connectivity index (χ2v) is 8.94. The lowest BCUT2D eigenvalue weighted by Crippen LogP contribution is -2.31. The number of rotatable bonds is 5. The highest BCUT2D eigenvalue weighted by Crippen LogP contribution is 2.37. The maximum atomic E-state index is 13.0. The highest BCUT2D eigenvalue weighted by Gasteiger charge is 2.26. The molecule has 0 bridgehead atoms. The van der Waals surface area contributed by atoms with E-state index in [0.29, 0.717) is 17.7 Å². The third-order valence-electron chi connectivity index (χ3n) is 4.90. The van der Waals surface area contributed by atoms with Crippen molar-refractivity contribution in [1.82, 2.24) is 5.43 Å². The van der Waals surface area contributed by atoms with Crippen molar-refractivity contribution in [2.75, 3.05) is 11.7 Å². The maximum Gasteiger partial charge on any atom is 0.266 e. The zero-order valence-corrected chi connectivity index (χ0v) is 16.7. The molecule has 0 aliphatic heterocycles. The first-order valence-corrected chi connectivity index (χ1v) is 11.1. The van der Waals surface area contributed by atoms with Crippen molar-refractivity contribution < 1.29 is 13.2 Å². The molecule has 0 saturated carbocycles. The molecule has 0 atom stereocenters. The molecule has 1 amide bonds. The van der Waals surface area contributed by atoms with Crippen LogP contribution in [0.25, 0.3) is 5.57 Å². The molecule has 5 nitrogen and oxygen atoms in total. The van der Waals surface area contributed by atoms with Gasteiger partial charge in [0.25, 0.3) is 5.91 Å². The Kier molecular flexibility index (Phi) is 4.94. The molecule has 3 aromatic rings. The van der Waals surface area contributed by atoms with Gasteiger partial charge in [-0.2, -0.15) is 0 Å². The van der Waals surface area contributed by atoms with E-state index >= 15 is 0 Å². The second kappa shape index (κ2) is 7.56. The first kappa shape index (κ1) is 19.0. The summed E-state index contributed by atoms with van der Waals surface area (Å²) < 4.78 is 23.1. The molecule has 0 radical (unpaired) electrons. The van der Waals surface area contributed by atoms with Gasteiger partial charge in [0.15, 0.2) is 9.84 Å². The van der Waals surface area contributed by atoms with Crippen LogP contribution < -0.4 is 10.9 Å². The van der Waals surface area contributed by atoms with Crippen LogP contribution >= 0.6 is 0 Å². The molecule has 0 spiro atoms. The standard InChI is InChI=1S/C23H20N2O3S/c1-29(27,28)19-13-11-18(12-14-19)24-25-23(26)21-15-17-9-5-6-10-20(17)22(21)16-7-3-2-4-8-16/h2-14,24H,15H2,1H3,(H,25,26). The number of carbonyl (C=O) groups excluding carboxylic acids is 1. The van der Waals surface area contributed by atoms with Gasteiger partial charge in [0, 0.05) is 18.2 Å². The van der Waals surface area contributed by atoms with Gasteiger partial charge in [0.05, 0.1) is 10.6 Å². The predicted octanol–water partition coefficient (Wildman–Crippen LogP) is 3.59. The Morgan fingerprint density at radius 2 is 1.52 bits per heavy atom. The first-order chi connectivity index (χ1) is 13.9. The van der Waals surface area contributed by atoms with Crippen LogP contribution in [0.4, 0.5) is 5.69 Å². The average molecular weight is 404 g/mol. The molecule has 0 aromatic heterocycles. The van der Waals surface area contributed by atoms with Gasteiger partial charge in [-0.25, -0.2) is 8.42 Å². The van der Waals surface area contributed by atoms with E-state index in [-0.39, 0.29) is 10.8 Å². The van der Waals surface area contributed by atoms with Gasteiger partial charge in [-0.1, -0.05) is 54.6 Å². The molecule has 1 aliphatic carbocycles. The van der Waals surface area contributed by atoms with E-state index < -0.39 is 9.84 Å². The summed E-state index contributed by atoms with van der Waals surface area (Å²) in [6, 6.07) is 24.1. The Labute approximate surface area is 170 Å². The quantitative estimate of drug-likeness (QED) is 0.638. The normalized spacial score (nSPS) is 13.1. The molecule has 4 rings (SSSR count). The van der Waals surface area contributed by atoms with E-state index in [1.807, 2.05) is 54.6 Å². The summed E-state index contributed by atoms with van der Waals surface area (Å²) in [5.41, 5.74) is 11.0. The Morgan fingerprint density at radius 1 is 0.862 bits per heavy atom. The third-order valence-corrected chi connectivity index (χ3v) is 6.02. The lowest BCUT2D eigenvalue weighted by atomic mass is 9.97. The number of anilines is 1. The van der Waals surface area contributed by atoms with E-state index in [4.69, 9.17) is 0 Å². The minimum atomic E-state index is -3.26. The van der Waals surface area contributed by atoms with Gasteiger partial charge in [-0.3, -0.25) is 15.6 Å². The Hall–Kier alpha value is -3.38. The minimum absolute atomic E-state index is 0.216. The highest BCUT2D eigenvalue weighted by molar-refractivity contribution is 7.90. The van der Waals surface area contributed by atoms with Gasteiger partial charge >= 0.3 is 0 Å². The number of hydrogen-bond acceptors (Lipinski definition) is 4. The fraction of sp³-hybridized carbons (Fsp3) is 0.0870. The Morgan fingerprint density at radius 3 is 2.21 bits per heavy atom. The van der Waals surface area contributed by atoms with Crippen LogP contribution in [-0.4, -0.2) is 20.6 Å². The summed E-state index contributed by atoms with van der Waals surface area (Å²) in [6.07, 6.45) is 1.72. The van der Waals surface area contributed by atoms with Gasteiger partial charge in [0.1, 0.15) is 0 Å². The smallest absolute Gasteiger partial charge is 0.266 e. The number of benzene rings is 3. The molecule has 1 aliphatic rings. The average Bonchev–Trinajstić information content (AvgIpc) is 3.12. The highest BCUT2D eigenvalue weighted by atomic mass is 32.2. The predicted molar refractivity (Wildman–Crippen MR) is 114 cm³/mol. The van der Waals surface area contributed by atoms with Crippen LogP contribution in [0.15, 0.2) is 89.3 Å². The minimum Gasteiger partial charge on any atom is -0.298 e. The summed E-state index contributed by atoms with van der Waals surface area (Å²) in [5.74, 6) is -0.216. The zero-order valence-electron chi connectivity index (χ0n) is 15.8. The monoisotopic (exact) mass is 404 g/mol. The summed E-state index contributed by atoms with van der Waals surface area (Å²) in [7, 11) is -3.26. The largest absolute Gasteiger partial charge is 0.298 e. The van der Waals surface area contributed by atoms with Crippen LogP contribution in [0.2, 0.25) is 0 Å². The number of carbonyl (C=O) groups is 1. The van der Waals surface area contributed by atoms with Crippen molar-refractivity contribution in [3.8, 4) is 0 Å². The second-order valence-electron chi connectivity index (χ2n) is 6.93. The van der Waals surface area contributed by atoms with Crippen LogP contribution in [0.5, 0.6) is 0 Å². The molecule has 0 unspecified atom stereocenters. The molecular formula is C23H20N2O3S. The number of hydrazine groups is 1. The van der Waals surface area contributed by atoms with E-state index in [2.05, 4.69) is 10.9 Å². The lowest BCUT2D eigenvalue weighted by Gasteiger charge is -2.12. The van der Waals surface area contributed by atoms with E-state index in [1.165, 1.54) is 12.1 Å². The Bertz CT molecular complexity index is 1200. The van der Waals surface area contributed by atoms with Crippen LogP contribution in [0.1, 0.15) is 16.7 Å². The van der Waals surface area contributed by atoms with Crippen molar-refractivity contribution >= 4 is 27.0 Å².